The summed E-state index contributed by atoms with van der Waals surface area (Å²) in [6.45, 7) is 3.21. The van der Waals surface area contributed by atoms with Crippen molar-refractivity contribution in [1.29, 1.82) is 0 Å². The second-order valence-corrected chi connectivity index (χ2v) is 4.61. The highest BCUT2D eigenvalue weighted by molar-refractivity contribution is 5.91. The average molecular weight is 304 g/mol. The van der Waals surface area contributed by atoms with Crippen LogP contribution in [0.3, 0.4) is 0 Å². The van der Waals surface area contributed by atoms with Crippen LogP contribution in [-0.4, -0.2) is 27.2 Å². The van der Waals surface area contributed by atoms with Crippen molar-refractivity contribution in [2.24, 2.45) is 0 Å². The Hall–Kier alpha value is -2.90. The van der Waals surface area contributed by atoms with Crippen LogP contribution in [0.4, 0.5) is 5.88 Å². The molecule has 0 aliphatic carbocycles. The Labute approximate surface area is 126 Å². The van der Waals surface area contributed by atoms with Crippen LogP contribution in [0.2, 0.25) is 0 Å². The first-order valence-electron chi connectivity index (χ1n) is 6.75. The number of hydrogen-bond donors (Lipinski definition) is 1. The molecular weight excluding hydrogens is 288 g/mol. The third kappa shape index (κ3) is 4.30. The van der Waals surface area contributed by atoms with Crippen molar-refractivity contribution >= 4 is 17.9 Å². The van der Waals surface area contributed by atoms with E-state index in [-0.39, 0.29) is 17.6 Å². The number of nitrogens with one attached hydrogen (secondary N) is 1. The Morgan fingerprint density at radius 1 is 1.50 bits per heavy atom. The molecule has 1 N–H and O–H groups in total. The minimum atomic E-state index is -0.630. The van der Waals surface area contributed by atoms with Crippen LogP contribution in [0.25, 0.3) is 6.08 Å². The first-order valence-corrected chi connectivity index (χ1v) is 6.75. The molecule has 1 amide bonds. The molecule has 0 radical (unpaired) electrons. The van der Waals surface area contributed by atoms with Gasteiger partial charge in [0.25, 0.3) is 0 Å². The van der Waals surface area contributed by atoms with E-state index in [1.54, 1.807) is 6.20 Å². The van der Waals surface area contributed by atoms with Crippen LogP contribution in [0, 0.1) is 17.0 Å². The summed E-state index contributed by atoms with van der Waals surface area (Å²) in [5.74, 6) is -0.375. The second kappa shape index (κ2) is 7.21. The van der Waals surface area contributed by atoms with Crippen LogP contribution >= 0.6 is 0 Å². The highest BCUT2D eigenvalue weighted by Crippen LogP contribution is 2.16. The number of hydrogen-bond acceptors (Lipinski definition) is 5. The van der Waals surface area contributed by atoms with Crippen molar-refractivity contribution < 1.29 is 14.1 Å². The van der Waals surface area contributed by atoms with Crippen LogP contribution in [0.5, 0.6) is 0 Å². The maximum absolute atomic E-state index is 11.6. The van der Waals surface area contributed by atoms with Gasteiger partial charge in [-0.3, -0.25) is 19.6 Å². The molecule has 2 heterocycles. The number of carbonyl (C=O) groups is 1. The smallest absolute Gasteiger partial charge is 0.401 e. The zero-order valence-corrected chi connectivity index (χ0v) is 12.1. The van der Waals surface area contributed by atoms with E-state index in [0.29, 0.717) is 6.54 Å². The lowest BCUT2D eigenvalue weighted by Gasteiger charge is -2.04. The SMILES string of the molecule is Cc1ccnn1CCCNC(=O)/C=C/c1ccc([N+](=O)[O-])o1. The van der Waals surface area contributed by atoms with Gasteiger partial charge in [0.2, 0.25) is 5.91 Å². The molecule has 8 heteroatoms. The highest BCUT2D eigenvalue weighted by atomic mass is 16.6. The molecule has 0 aliphatic heterocycles. The number of nitro groups is 1. The van der Waals surface area contributed by atoms with E-state index in [2.05, 4.69) is 10.4 Å². The predicted octanol–water partition coefficient (Wildman–Crippen LogP) is 1.91. The van der Waals surface area contributed by atoms with Gasteiger partial charge in [0.05, 0.1) is 6.07 Å². The lowest BCUT2D eigenvalue weighted by molar-refractivity contribution is -0.402. The molecule has 0 fully saturated rings. The average Bonchev–Trinajstić information content (AvgIpc) is 3.11. The van der Waals surface area contributed by atoms with Crippen molar-refractivity contribution in [2.45, 2.75) is 19.9 Å². The van der Waals surface area contributed by atoms with E-state index in [9.17, 15) is 14.9 Å². The number of furan rings is 1. The van der Waals surface area contributed by atoms with E-state index in [1.807, 2.05) is 17.7 Å². The van der Waals surface area contributed by atoms with Crippen molar-refractivity contribution in [1.82, 2.24) is 15.1 Å². The molecule has 2 aromatic rings. The van der Waals surface area contributed by atoms with Crippen molar-refractivity contribution in [3.8, 4) is 0 Å². The molecule has 0 saturated heterocycles. The Bertz CT molecular complexity index is 687. The van der Waals surface area contributed by atoms with Gasteiger partial charge < -0.3 is 9.73 Å². The number of aryl methyl sites for hydroxylation is 2. The summed E-state index contributed by atoms with van der Waals surface area (Å²) in [4.78, 5) is 21.4. The molecule has 0 bridgehead atoms. The Morgan fingerprint density at radius 2 is 2.32 bits per heavy atom. The van der Waals surface area contributed by atoms with E-state index >= 15 is 0 Å². The molecular formula is C14H16N4O4. The van der Waals surface area contributed by atoms with Gasteiger partial charge in [-0.25, -0.2) is 0 Å². The van der Waals surface area contributed by atoms with Crippen LogP contribution in [-0.2, 0) is 11.3 Å². The molecule has 0 saturated carbocycles. The van der Waals surface area contributed by atoms with Crippen molar-refractivity contribution in [3.05, 3.63) is 52.0 Å². The van der Waals surface area contributed by atoms with Gasteiger partial charge in [0.1, 0.15) is 10.7 Å². The first-order chi connectivity index (χ1) is 10.6. The molecule has 0 atom stereocenters. The largest absolute Gasteiger partial charge is 0.433 e. The van der Waals surface area contributed by atoms with Crippen molar-refractivity contribution in [3.63, 3.8) is 0 Å². The summed E-state index contributed by atoms with van der Waals surface area (Å²) >= 11 is 0. The van der Waals surface area contributed by atoms with Gasteiger partial charge in [0.15, 0.2) is 0 Å². The topological polar surface area (TPSA) is 103 Å². The van der Waals surface area contributed by atoms with Gasteiger partial charge >= 0.3 is 5.88 Å². The second-order valence-electron chi connectivity index (χ2n) is 4.61. The van der Waals surface area contributed by atoms with Gasteiger partial charge in [-0.05, 0) is 31.6 Å². The van der Waals surface area contributed by atoms with Gasteiger partial charge in [-0.2, -0.15) is 5.10 Å². The van der Waals surface area contributed by atoms with Gasteiger partial charge in [0, 0.05) is 31.1 Å². The van der Waals surface area contributed by atoms with Crippen LogP contribution in [0.1, 0.15) is 17.9 Å². The highest BCUT2D eigenvalue weighted by Gasteiger charge is 2.10. The fraction of sp³-hybridized carbons (Fsp3) is 0.286. The number of rotatable bonds is 7. The monoisotopic (exact) mass is 304 g/mol. The summed E-state index contributed by atoms with van der Waals surface area (Å²) < 4.78 is 6.77. The maximum atomic E-state index is 11.6. The third-order valence-electron chi connectivity index (χ3n) is 2.97. The Morgan fingerprint density at radius 3 is 2.95 bits per heavy atom. The summed E-state index contributed by atoms with van der Waals surface area (Å²) in [5, 5.41) is 17.3. The minimum Gasteiger partial charge on any atom is -0.401 e. The van der Waals surface area contributed by atoms with E-state index in [0.717, 1.165) is 18.7 Å². The number of aromatic nitrogens is 2. The predicted molar refractivity (Wildman–Crippen MR) is 79.0 cm³/mol. The molecule has 8 nitrogen and oxygen atoms in total. The summed E-state index contributed by atoms with van der Waals surface area (Å²) in [6, 6.07) is 4.59. The van der Waals surface area contributed by atoms with Crippen molar-refractivity contribution in [2.75, 3.05) is 6.54 Å². The Kier molecular flexibility index (Phi) is 5.07. The lowest BCUT2D eigenvalue weighted by Crippen LogP contribution is -2.23. The summed E-state index contributed by atoms with van der Waals surface area (Å²) in [5.41, 5.74) is 1.07. The van der Waals surface area contributed by atoms with Gasteiger partial charge in [-0.15, -0.1) is 0 Å². The normalized spacial score (nSPS) is 11.0. The number of carbonyl (C=O) groups excluding carboxylic acids is 1. The Balaban J connectivity index is 1.72. The molecule has 0 aliphatic rings. The zero-order valence-electron chi connectivity index (χ0n) is 12.1. The molecule has 22 heavy (non-hydrogen) atoms. The quantitative estimate of drug-likeness (QED) is 0.364. The number of amides is 1. The summed E-state index contributed by atoms with van der Waals surface area (Å²) in [7, 11) is 0. The molecule has 0 aromatic carbocycles. The fourth-order valence-corrected chi connectivity index (χ4v) is 1.82. The van der Waals surface area contributed by atoms with E-state index in [4.69, 9.17) is 4.42 Å². The van der Waals surface area contributed by atoms with E-state index in [1.165, 1.54) is 24.3 Å². The molecule has 116 valence electrons. The third-order valence-corrected chi connectivity index (χ3v) is 2.97. The molecule has 2 aromatic heterocycles. The molecule has 0 spiro atoms. The van der Waals surface area contributed by atoms with Crippen LogP contribution < -0.4 is 5.32 Å². The summed E-state index contributed by atoms with van der Waals surface area (Å²) in [6.07, 6.45) is 5.16. The van der Waals surface area contributed by atoms with Crippen LogP contribution in [0.15, 0.2) is 34.9 Å². The maximum Gasteiger partial charge on any atom is 0.433 e. The standard InChI is InChI=1S/C14H16N4O4/c1-11-7-9-16-17(11)10-2-8-15-13(19)5-3-12-4-6-14(22-12)18(20)21/h3-7,9H,2,8,10H2,1H3,(H,15,19)/b5-3+. The van der Waals surface area contributed by atoms with Gasteiger partial charge in [-0.1, -0.05) is 0 Å². The lowest BCUT2D eigenvalue weighted by atomic mass is 10.3. The molecule has 2 rings (SSSR count). The zero-order chi connectivity index (χ0) is 15.9. The fourth-order valence-electron chi connectivity index (χ4n) is 1.82. The van der Waals surface area contributed by atoms with E-state index < -0.39 is 4.92 Å². The minimum absolute atomic E-state index is 0.258. The first kappa shape index (κ1) is 15.5. The number of nitrogens with zero attached hydrogens (tertiary/aromatic N) is 3. The molecule has 0 unspecified atom stereocenters.